The van der Waals surface area contributed by atoms with Crippen LogP contribution in [0.4, 0.5) is 0 Å². The topological polar surface area (TPSA) is 56.0 Å². The van der Waals surface area contributed by atoms with Gasteiger partial charge in [-0.05, 0) is 22.9 Å². The zero-order chi connectivity index (χ0) is 14.7. The minimum absolute atomic E-state index is 0.0530. The quantitative estimate of drug-likeness (QED) is 0.821. The van der Waals surface area contributed by atoms with Crippen molar-refractivity contribution in [3.63, 3.8) is 0 Å². The number of amides is 1. The summed E-state index contributed by atoms with van der Waals surface area (Å²) in [5.41, 5.74) is 0.834. The van der Waals surface area contributed by atoms with Crippen molar-refractivity contribution in [2.24, 2.45) is 0 Å². The molecule has 2 rings (SSSR count). The maximum atomic E-state index is 12.1. The average Bonchev–Trinajstić information content (AvgIpc) is 2.96. The second-order valence-corrected chi connectivity index (χ2v) is 5.68. The smallest absolute Gasteiger partial charge is 0.244 e. The van der Waals surface area contributed by atoms with E-state index in [0.717, 1.165) is 16.7 Å². The Balaban J connectivity index is 1.98. The van der Waals surface area contributed by atoms with Crippen LogP contribution in [0.5, 0.6) is 0 Å². The van der Waals surface area contributed by atoms with Gasteiger partial charge in [-0.3, -0.25) is 14.2 Å². The number of carbonyl (C=O) groups is 1. The first-order valence-electron chi connectivity index (χ1n) is 6.13. The van der Waals surface area contributed by atoms with Gasteiger partial charge in [-0.2, -0.15) is 10.2 Å². The molecule has 0 unspecified atom stereocenters. The predicted octanol–water partition coefficient (Wildman–Crippen LogP) is 2.17. The standard InChI is InChI=1S/C12H15BrClN5O/c1-3-18-6-10(13)11(16-18)7-17(2)12(20)8-19-5-9(14)4-15-19/h4-6H,3,7-8H2,1-2H3. The zero-order valence-corrected chi connectivity index (χ0v) is 13.6. The van der Waals surface area contributed by atoms with E-state index in [0.29, 0.717) is 11.6 Å². The number of hydrogen-bond acceptors (Lipinski definition) is 3. The summed E-state index contributed by atoms with van der Waals surface area (Å²) in [6, 6.07) is 0. The lowest BCUT2D eigenvalue weighted by molar-refractivity contribution is -0.131. The summed E-state index contributed by atoms with van der Waals surface area (Å²) >= 11 is 9.21. The molecule has 20 heavy (non-hydrogen) atoms. The van der Waals surface area contributed by atoms with Gasteiger partial charge in [0.15, 0.2) is 0 Å². The van der Waals surface area contributed by atoms with Gasteiger partial charge in [-0.1, -0.05) is 11.6 Å². The fourth-order valence-corrected chi connectivity index (χ4v) is 2.30. The Morgan fingerprint density at radius 1 is 1.45 bits per heavy atom. The Labute approximate surface area is 130 Å². The molecule has 6 nitrogen and oxygen atoms in total. The van der Waals surface area contributed by atoms with E-state index >= 15 is 0 Å². The molecule has 0 fully saturated rings. The largest absolute Gasteiger partial charge is 0.338 e. The van der Waals surface area contributed by atoms with Crippen LogP contribution in [-0.2, 0) is 24.4 Å². The van der Waals surface area contributed by atoms with E-state index in [1.54, 1.807) is 18.1 Å². The summed E-state index contributed by atoms with van der Waals surface area (Å²) in [7, 11) is 1.74. The molecule has 0 bridgehead atoms. The highest BCUT2D eigenvalue weighted by molar-refractivity contribution is 9.10. The van der Waals surface area contributed by atoms with E-state index in [2.05, 4.69) is 26.1 Å². The number of aryl methyl sites for hydroxylation is 1. The molecule has 0 aromatic carbocycles. The van der Waals surface area contributed by atoms with Gasteiger partial charge in [0.1, 0.15) is 6.54 Å². The highest BCUT2D eigenvalue weighted by Crippen LogP contribution is 2.16. The van der Waals surface area contributed by atoms with E-state index in [4.69, 9.17) is 11.6 Å². The third-order valence-electron chi connectivity index (χ3n) is 2.82. The number of likely N-dealkylation sites (N-methyl/N-ethyl adjacent to an activating group) is 1. The predicted molar refractivity (Wildman–Crippen MR) is 79.3 cm³/mol. The molecule has 0 spiro atoms. The van der Waals surface area contributed by atoms with Crippen molar-refractivity contribution >= 4 is 33.4 Å². The summed E-state index contributed by atoms with van der Waals surface area (Å²) in [6.07, 6.45) is 5.03. The van der Waals surface area contributed by atoms with Crippen molar-refractivity contribution in [2.45, 2.75) is 26.6 Å². The van der Waals surface area contributed by atoms with Crippen molar-refractivity contribution in [1.82, 2.24) is 24.5 Å². The Hall–Kier alpha value is -1.34. The average molecular weight is 361 g/mol. The first kappa shape index (κ1) is 15.1. The Bertz CT molecular complexity index is 609. The van der Waals surface area contributed by atoms with Gasteiger partial charge in [-0.25, -0.2) is 0 Å². The van der Waals surface area contributed by atoms with E-state index in [1.807, 2.05) is 17.8 Å². The van der Waals surface area contributed by atoms with Crippen LogP contribution in [0.2, 0.25) is 5.02 Å². The van der Waals surface area contributed by atoms with Crippen LogP contribution >= 0.6 is 27.5 Å². The lowest BCUT2D eigenvalue weighted by Crippen LogP contribution is -2.30. The number of carbonyl (C=O) groups excluding carboxylic acids is 1. The highest BCUT2D eigenvalue weighted by Gasteiger charge is 2.14. The van der Waals surface area contributed by atoms with Crippen molar-refractivity contribution in [2.75, 3.05) is 7.05 Å². The van der Waals surface area contributed by atoms with Gasteiger partial charge in [0, 0.05) is 26.0 Å². The number of aromatic nitrogens is 4. The fraction of sp³-hybridized carbons (Fsp3) is 0.417. The van der Waals surface area contributed by atoms with Gasteiger partial charge in [0.05, 0.1) is 27.9 Å². The van der Waals surface area contributed by atoms with Crippen molar-refractivity contribution < 1.29 is 4.79 Å². The molecule has 2 aromatic rings. The van der Waals surface area contributed by atoms with Gasteiger partial charge < -0.3 is 4.90 Å². The van der Waals surface area contributed by atoms with Crippen LogP contribution in [0.15, 0.2) is 23.1 Å². The maximum absolute atomic E-state index is 12.1. The number of hydrogen-bond donors (Lipinski definition) is 0. The Morgan fingerprint density at radius 3 is 2.75 bits per heavy atom. The first-order valence-corrected chi connectivity index (χ1v) is 7.30. The number of halogens is 2. The van der Waals surface area contributed by atoms with Crippen molar-refractivity contribution in [3.8, 4) is 0 Å². The molecular formula is C12H15BrClN5O. The third-order valence-corrected chi connectivity index (χ3v) is 3.68. The molecule has 2 heterocycles. The van der Waals surface area contributed by atoms with Gasteiger partial charge >= 0.3 is 0 Å². The van der Waals surface area contributed by atoms with E-state index in [9.17, 15) is 4.79 Å². The van der Waals surface area contributed by atoms with Crippen LogP contribution in [-0.4, -0.2) is 37.4 Å². The van der Waals surface area contributed by atoms with Crippen LogP contribution in [0.25, 0.3) is 0 Å². The van der Waals surface area contributed by atoms with Gasteiger partial charge in [0.2, 0.25) is 5.91 Å². The van der Waals surface area contributed by atoms with Crippen LogP contribution in [0.1, 0.15) is 12.6 Å². The van der Waals surface area contributed by atoms with Gasteiger partial charge in [0.25, 0.3) is 0 Å². The molecule has 0 aliphatic heterocycles. The molecule has 0 atom stereocenters. The van der Waals surface area contributed by atoms with Crippen molar-refractivity contribution in [1.29, 1.82) is 0 Å². The third kappa shape index (κ3) is 3.61. The summed E-state index contributed by atoms with van der Waals surface area (Å²) in [6.45, 7) is 3.42. The van der Waals surface area contributed by atoms with Crippen LogP contribution in [0.3, 0.4) is 0 Å². The molecule has 0 aliphatic rings. The first-order chi connectivity index (χ1) is 9.49. The maximum Gasteiger partial charge on any atom is 0.244 e. The Morgan fingerprint density at radius 2 is 2.20 bits per heavy atom. The number of rotatable bonds is 5. The molecule has 0 saturated heterocycles. The van der Waals surface area contributed by atoms with Crippen LogP contribution in [0, 0.1) is 0 Å². The second kappa shape index (κ2) is 6.41. The lowest BCUT2D eigenvalue weighted by Gasteiger charge is -2.16. The SMILES string of the molecule is CCn1cc(Br)c(CN(C)C(=O)Cn2cc(Cl)cn2)n1. The minimum atomic E-state index is -0.0530. The fourth-order valence-electron chi connectivity index (χ4n) is 1.70. The molecule has 0 radical (unpaired) electrons. The second-order valence-electron chi connectivity index (χ2n) is 4.39. The summed E-state index contributed by atoms with van der Waals surface area (Å²) in [4.78, 5) is 13.7. The molecule has 8 heteroatoms. The minimum Gasteiger partial charge on any atom is -0.338 e. The van der Waals surface area contributed by atoms with E-state index < -0.39 is 0 Å². The van der Waals surface area contributed by atoms with Crippen molar-refractivity contribution in [3.05, 3.63) is 33.8 Å². The summed E-state index contributed by atoms with van der Waals surface area (Å²) in [5, 5.41) is 8.90. The van der Waals surface area contributed by atoms with Gasteiger partial charge in [-0.15, -0.1) is 0 Å². The van der Waals surface area contributed by atoms with Crippen LogP contribution < -0.4 is 0 Å². The molecule has 2 aromatic heterocycles. The van der Waals surface area contributed by atoms with E-state index in [-0.39, 0.29) is 12.5 Å². The molecule has 108 valence electrons. The molecular weight excluding hydrogens is 346 g/mol. The van der Waals surface area contributed by atoms with E-state index in [1.165, 1.54) is 10.9 Å². The molecule has 0 N–H and O–H groups in total. The molecule has 0 saturated carbocycles. The molecule has 1 amide bonds. The number of nitrogens with zero attached hydrogens (tertiary/aromatic N) is 5. The lowest BCUT2D eigenvalue weighted by atomic mass is 10.4. The normalized spacial score (nSPS) is 10.8. The molecule has 0 aliphatic carbocycles. The summed E-state index contributed by atoms with van der Waals surface area (Å²) < 4.78 is 4.24. The monoisotopic (exact) mass is 359 g/mol. The summed E-state index contributed by atoms with van der Waals surface area (Å²) in [5.74, 6) is -0.0530. The highest BCUT2D eigenvalue weighted by atomic mass is 79.9. The zero-order valence-electron chi connectivity index (χ0n) is 11.3. The Kier molecular flexibility index (Phi) is 4.82.